The summed E-state index contributed by atoms with van der Waals surface area (Å²) in [6.07, 6.45) is 23.9. The smallest absolute Gasteiger partial charge is 0.309 e. The number of esters is 1. The number of cyclic esters (lactones) is 1. The number of rotatable bonds is 10. The van der Waals surface area contributed by atoms with Crippen LogP contribution in [0.4, 0.5) is 0 Å². The van der Waals surface area contributed by atoms with Crippen molar-refractivity contribution in [2.75, 3.05) is 0 Å². The average Bonchev–Trinajstić information content (AvgIpc) is 2.78. The first-order valence-corrected chi connectivity index (χ1v) is 13.8. The van der Waals surface area contributed by atoms with E-state index in [1.54, 1.807) is 0 Å². The molecular formula is C28H50O2. The second-order valence-corrected chi connectivity index (χ2v) is 11.2. The zero-order valence-corrected chi connectivity index (χ0v) is 20.4. The Kier molecular flexibility index (Phi) is 9.58. The molecule has 3 rings (SSSR count). The average molecular weight is 419 g/mol. The lowest BCUT2D eigenvalue weighted by molar-refractivity contribution is -0.164. The molecule has 0 spiro atoms. The number of carbonyl (C=O) groups excluding carboxylic acids is 1. The molecule has 1 saturated heterocycles. The van der Waals surface area contributed by atoms with E-state index in [4.69, 9.17) is 4.74 Å². The summed E-state index contributed by atoms with van der Waals surface area (Å²) in [6, 6.07) is 0. The molecule has 0 aromatic carbocycles. The Balaban J connectivity index is 1.49. The molecule has 174 valence electrons. The van der Waals surface area contributed by atoms with Gasteiger partial charge in [-0.2, -0.15) is 0 Å². The topological polar surface area (TPSA) is 26.3 Å². The molecule has 0 aromatic heterocycles. The Bertz CT molecular complexity index is 499. The first-order chi connectivity index (χ1) is 14.6. The summed E-state index contributed by atoms with van der Waals surface area (Å²) in [5.41, 5.74) is 0.607. The molecular weight excluding hydrogens is 368 g/mol. The van der Waals surface area contributed by atoms with Crippen molar-refractivity contribution in [1.82, 2.24) is 0 Å². The summed E-state index contributed by atoms with van der Waals surface area (Å²) in [5.74, 6) is 2.72. The van der Waals surface area contributed by atoms with Crippen LogP contribution in [0.1, 0.15) is 136 Å². The molecule has 3 atom stereocenters. The standard InChI is InChI=1S/C28H50O2/c1-4-6-7-9-13-25-18-19-26(27(29)30-25)23-14-16-24(17-15-23)28(22(3)12-5-2)20-10-8-11-21-28/h22-26H,4-21H2,1-3H3/t22?,23?,24?,25-,26+/m1/s1. The van der Waals surface area contributed by atoms with Crippen molar-refractivity contribution in [3.05, 3.63) is 0 Å². The van der Waals surface area contributed by atoms with Crippen LogP contribution in [0, 0.1) is 29.1 Å². The van der Waals surface area contributed by atoms with Gasteiger partial charge in [0.1, 0.15) is 6.10 Å². The normalized spacial score (nSPS) is 33.1. The van der Waals surface area contributed by atoms with Crippen LogP contribution < -0.4 is 0 Å². The van der Waals surface area contributed by atoms with Crippen molar-refractivity contribution in [3.8, 4) is 0 Å². The van der Waals surface area contributed by atoms with Crippen molar-refractivity contribution in [1.29, 1.82) is 0 Å². The molecule has 0 radical (unpaired) electrons. The van der Waals surface area contributed by atoms with Crippen molar-refractivity contribution in [2.45, 2.75) is 142 Å². The van der Waals surface area contributed by atoms with E-state index in [0.717, 1.165) is 31.1 Å². The molecule has 1 aliphatic heterocycles. The fourth-order valence-corrected chi connectivity index (χ4v) is 7.55. The van der Waals surface area contributed by atoms with E-state index < -0.39 is 0 Å². The molecule has 3 fully saturated rings. The van der Waals surface area contributed by atoms with Crippen LogP contribution in [0.3, 0.4) is 0 Å². The van der Waals surface area contributed by atoms with Gasteiger partial charge in [0.2, 0.25) is 0 Å². The van der Waals surface area contributed by atoms with E-state index in [2.05, 4.69) is 20.8 Å². The summed E-state index contributed by atoms with van der Waals surface area (Å²) in [6.45, 7) is 7.16. The summed E-state index contributed by atoms with van der Waals surface area (Å²) in [5, 5.41) is 0. The lowest BCUT2D eigenvalue weighted by Crippen LogP contribution is -2.42. The Morgan fingerprint density at radius 3 is 2.27 bits per heavy atom. The largest absolute Gasteiger partial charge is 0.462 e. The molecule has 0 aromatic rings. The highest BCUT2D eigenvalue weighted by atomic mass is 16.5. The fourth-order valence-electron chi connectivity index (χ4n) is 7.55. The summed E-state index contributed by atoms with van der Waals surface area (Å²) < 4.78 is 5.93. The molecule has 1 heterocycles. The Morgan fingerprint density at radius 1 is 0.900 bits per heavy atom. The third kappa shape index (κ3) is 5.83. The number of hydrogen-bond donors (Lipinski definition) is 0. The molecule has 2 heteroatoms. The molecule has 2 nitrogen and oxygen atoms in total. The van der Waals surface area contributed by atoms with Gasteiger partial charge in [-0.05, 0) is 87.4 Å². The van der Waals surface area contributed by atoms with Gasteiger partial charge in [-0.25, -0.2) is 0 Å². The van der Waals surface area contributed by atoms with E-state index in [9.17, 15) is 4.79 Å². The molecule has 0 amide bonds. The quantitative estimate of drug-likeness (QED) is 0.263. The van der Waals surface area contributed by atoms with Crippen LogP contribution in [0.15, 0.2) is 0 Å². The molecule has 0 N–H and O–H groups in total. The number of ether oxygens (including phenoxy) is 1. The SMILES string of the molecule is CCCCCC[C@@H]1CC[C@@H](C2CCC(C3(C(C)CCC)CCCCC3)CC2)C(=O)O1. The van der Waals surface area contributed by atoms with Gasteiger partial charge < -0.3 is 4.74 Å². The molecule has 2 saturated carbocycles. The first kappa shape index (κ1) is 24.1. The van der Waals surface area contributed by atoms with E-state index in [1.165, 1.54) is 96.3 Å². The van der Waals surface area contributed by atoms with E-state index in [-0.39, 0.29) is 18.0 Å². The van der Waals surface area contributed by atoms with Crippen molar-refractivity contribution in [3.63, 3.8) is 0 Å². The fraction of sp³-hybridized carbons (Fsp3) is 0.964. The van der Waals surface area contributed by atoms with Crippen LogP contribution in [-0.2, 0) is 9.53 Å². The number of hydrogen-bond acceptors (Lipinski definition) is 2. The molecule has 1 unspecified atom stereocenters. The van der Waals surface area contributed by atoms with Crippen LogP contribution >= 0.6 is 0 Å². The third-order valence-corrected chi connectivity index (χ3v) is 9.41. The van der Waals surface area contributed by atoms with E-state index in [0.29, 0.717) is 11.3 Å². The van der Waals surface area contributed by atoms with Crippen LogP contribution in [0.2, 0.25) is 0 Å². The third-order valence-electron chi connectivity index (χ3n) is 9.41. The summed E-state index contributed by atoms with van der Waals surface area (Å²) >= 11 is 0. The molecule has 2 aliphatic carbocycles. The van der Waals surface area contributed by atoms with Crippen LogP contribution in [0.5, 0.6) is 0 Å². The highest BCUT2D eigenvalue weighted by Gasteiger charge is 2.46. The molecule has 30 heavy (non-hydrogen) atoms. The Labute approximate surface area is 187 Å². The van der Waals surface area contributed by atoms with Crippen molar-refractivity contribution in [2.24, 2.45) is 29.1 Å². The van der Waals surface area contributed by atoms with Gasteiger partial charge in [-0.15, -0.1) is 0 Å². The van der Waals surface area contributed by atoms with Gasteiger partial charge in [-0.3, -0.25) is 4.79 Å². The zero-order valence-electron chi connectivity index (χ0n) is 20.4. The number of carbonyl (C=O) groups is 1. The number of unbranched alkanes of at least 4 members (excludes halogenated alkanes) is 3. The van der Waals surface area contributed by atoms with Gasteiger partial charge in [0.05, 0.1) is 5.92 Å². The maximum absolute atomic E-state index is 12.8. The maximum Gasteiger partial charge on any atom is 0.309 e. The van der Waals surface area contributed by atoms with Crippen molar-refractivity contribution >= 4 is 5.97 Å². The molecule has 3 aliphatic rings. The van der Waals surface area contributed by atoms with Crippen LogP contribution in [0.25, 0.3) is 0 Å². The molecule has 0 bridgehead atoms. The Hall–Kier alpha value is -0.530. The maximum atomic E-state index is 12.8. The highest BCUT2D eigenvalue weighted by Crippen LogP contribution is 2.55. The Morgan fingerprint density at radius 2 is 1.63 bits per heavy atom. The van der Waals surface area contributed by atoms with Gasteiger partial charge in [0, 0.05) is 0 Å². The van der Waals surface area contributed by atoms with Gasteiger partial charge in [0.25, 0.3) is 0 Å². The van der Waals surface area contributed by atoms with Gasteiger partial charge >= 0.3 is 5.97 Å². The van der Waals surface area contributed by atoms with Gasteiger partial charge in [-0.1, -0.05) is 72.1 Å². The lowest BCUT2D eigenvalue weighted by Gasteiger charge is -2.51. The minimum atomic E-state index is 0.150. The summed E-state index contributed by atoms with van der Waals surface area (Å²) in [4.78, 5) is 12.8. The first-order valence-electron chi connectivity index (χ1n) is 13.8. The lowest BCUT2D eigenvalue weighted by atomic mass is 9.54. The predicted molar refractivity (Wildman–Crippen MR) is 126 cm³/mol. The van der Waals surface area contributed by atoms with E-state index in [1.807, 2.05) is 0 Å². The monoisotopic (exact) mass is 418 g/mol. The minimum Gasteiger partial charge on any atom is -0.462 e. The van der Waals surface area contributed by atoms with Crippen molar-refractivity contribution < 1.29 is 9.53 Å². The van der Waals surface area contributed by atoms with Crippen LogP contribution in [-0.4, -0.2) is 12.1 Å². The minimum absolute atomic E-state index is 0.150. The second kappa shape index (κ2) is 11.9. The second-order valence-electron chi connectivity index (χ2n) is 11.2. The predicted octanol–water partition coefficient (Wildman–Crippen LogP) is 8.47. The highest BCUT2D eigenvalue weighted by molar-refractivity contribution is 5.73. The summed E-state index contributed by atoms with van der Waals surface area (Å²) in [7, 11) is 0. The zero-order chi connectivity index (χ0) is 21.4. The van der Waals surface area contributed by atoms with Gasteiger partial charge in [0.15, 0.2) is 0 Å². The van der Waals surface area contributed by atoms with E-state index >= 15 is 0 Å².